The number of carbonyl (C=O) groups excluding carboxylic acids is 1. The highest BCUT2D eigenvalue weighted by Gasteiger charge is 2.48. The van der Waals surface area contributed by atoms with Gasteiger partial charge in [-0.2, -0.15) is 8.42 Å². The molecule has 0 aromatic rings. The Morgan fingerprint density at radius 1 is 0.633 bits per heavy atom. The molecule has 0 amide bonds. The van der Waals surface area contributed by atoms with Gasteiger partial charge in [-0.05, 0) is 83.5 Å². The van der Waals surface area contributed by atoms with Crippen LogP contribution in [-0.4, -0.2) is 97.5 Å². The third-order valence-corrected chi connectivity index (χ3v) is 9.67. The van der Waals surface area contributed by atoms with Crippen LogP contribution in [0, 0.1) is 0 Å². The monoisotopic (exact) mass is 865 g/mol. The van der Waals surface area contributed by atoms with E-state index in [0.717, 1.165) is 89.9 Å². The van der Waals surface area contributed by atoms with E-state index in [9.17, 15) is 28.5 Å². The fourth-order valence-corrected chi connectivity index (χ4v) is 6.46. The molecule has 0 aromatic carbocycles. The second-order valence-electron chi connectivity index (χ2n) is 14.5. The molecule has 1 fully saturated rings. The second-order valence-corrected chi connectivity index (χ2v) is 15.6. The molecule has 0 aromatic heterocycles. The Hall–Kier alpha value is -2.98. The molecule has 1 aliphatic heterocycles. The summed E-state index contributed by atoms with van der Waals surface area (Å²) in [5.74, 6) is -0.466. The summed E-state index contributed by atoms with van der Waals surface area (Å²) in [5, 5.41) is 30.6. The van der Waals surface area contributed by atoms with Crippen molar-refractivity contribution in [1.82, 2.24) is 0 Å². The van der Waals surface area contributed by atoms with E-state index in [1.165, 1.54) is 6.42 Å². The van der Waals surface area contributed by atoms with E-state index in [4.69, 9.17) is 23.5 Å². The number of hydrogen-bond acceptors (Lipinski definition) is 11. The Labute approximate surface area is 361 Å². The zero-order valence-electron chi connectivity index (χ0n) is 36.2. The van der Waals surface area contributed by atoms with Crippen molar-refractivity contribution >= 4 is 16.4 Å². The highest BCUT2D eigenvalue weighted by Crippen LogP contribution is 2.26. The molecule has 0 bridgehead atoms. The number of ether oxygens (including phenoxy) is 4. The molecular formula is C47H76O12S. The van der Waals surface area contributed by atoms with Crippen molar-refractivity contribution in [1.29, 1.82) is 0 Å². The summed E-state index contributed by atoms with van der Waals surface area (Å²) in [6, 6.07) is 0. The summed E-state index contributed by atoms with van der Waals surface area (Å²) in [7, 11) is -5.08. The Kier molecular flexibility index (Phi) is 34.6. The molecule has 0 saturated carbocycles. The predicted octanol–water partition coefficient (Wildman–Crippen LogP) is 9.07. The first-order valence-corrected chi connectivity index (χ1v) is 23.4. The van der Waals surface area contributed by atoms with E-state index < -0.39 is 59.8 Å². The first kappa shape index (κ1) is 55.0. The Bertz CT molecular complexity index is 1410. The zero-order chi connectivity index (χ0) is 43.9. The fourth-order valence-electron chi connectivity index (χ4n) is 5.96. The lowest BCUT2D eigenvalue weighted by molar-refractivity contribution is -0.301. The van der Waals surface area contributed by atoms with Crippen molar-refractivity contribution in [2.45, 2.75) is 166 Å². The summed E-state index contributed by atoms with van der Waals surface area (Å²) in [6.07, 6.45) is 41.6. The van der Waals surface area contributed by atoms with Crippen LogP contribution < -0.4 is 0 Å². The Morgan fingerprint density at radius 2 is 1.10 bits per heavy atom. The van der Waals surface area contributed by atoms with Crippen molar-refractivity contribution in [3.63, 3.8) is 0 Å². The minimum absolute atomic E-state index is 0.00269. The van der Waals surface area contributed by atoms with E-state index in [0.29, 0.717) is 19.4 Å². The molecular weight excluding hydrogens is 789 g/mol. The number of aliphatic hydroxyl groups is 3. The van der Waals surface area contributed by atoms with Crippen LogP contribution in [0.5, 0.6) is 0 Å². The standard InChI is InChI=1S/C47H76O12S/c1-3-5-7-9-11-13-15-17-19-21-22-24-26-28-30-32-34-36-43(49)57-41(40-56-47-45(51)46(59-60(52,53)54)44(50)42(38-48)58-47)39-55-37-35-33-31-29-27-25-23-20-18-16-14-12-10-8-6-4-2/h5-8,11-14,17-20,22,24,28,30,41-42,44-48,50-51H,3-4,9-10,15-16,21,23,25-27,29,31-40H2,1-2H3,(H,52,53,54)/b7-5-,8-6-,13-11-,14-12-,19-17-,20-18-,24-22-,30-28-. The number of hydrogen-bond donors (Lipinski definition) is 4. The van der Waals surface area contributed by atoms with Crippen LogP contribution in [0.25, 0.3) is 0 Å². The van der Waals surface area contributed by atoms with Gasteiger partial charge in [-0.1, -0.05) is 137 Å². The lowest BCUT2D eigenvalue weighted by Gasteiger charge is -2.41. The van der Waals surface area contributed by atoms with Crippen LogP contribution in [0.15, 0.2) is 97.2 Å². The minimum Gasteiger partial charge on any atom is -0.457 e. The van der Waals surface area contributed by atoms with Gasteiger partial charge in [-0.25, -0.2) is 4.18 Å². The van der Waals surface area contributed by atoms with Gasteiger partial charge in [0, 0.05) is 13.0 Å². The molecule has 0 aliphatic carbocycles. The largest absolute Gasteiger partial charge is 0.457 e. The smallest absolute Gasteiger partial charge is 0.397 e. The van der Waals surface area contributed by atoms with Gasteiger partial charge in [0.05, 0.1) is 19.8 Å². The molecule has 4 N–H and O–H groups in total. The quantitative estimate of drug-likeness (QED) is 0.0204. The van der Waals surface area contributed by atoms with Crippen LogP contribution in [0.2, 0.25) is 0 Å². The van der Waals surface area contributed by atoms with E-state index in [1.54, 1.807) is 0 Å². The summed E-state index contributed by atoms with van der Waals surface area (Å²) in [4.78, 5) is 12.8. The first-order valence-electron chi connectivity index (χ1n) is 22.0. The summed E-state index contributed by atoms with van der Waals surface area (Å²) < 4.78 is 58.9. The van der Waals surface area contributed by atoms with Gasteiger partial charge in [0.15, 0.2) is 6.29 Å². The average molecular weight is 865 g/mol. The average Bonchev–Trinajstić information content (AvgIpc) is 3.22. The third-order valence-electron chi connectivity index (χ3n) is 9.20. The Balaban J connectivity index is 2.51. The molecule has 60 heavy (non-hydrogen) atoms. The van der Waals surface area contributed by atoms with Crippen LogP contribution in [0.4, 0.5) is 0 Å². The van der Waals surface area contributed by atoms with E-state index in [2.05, 4.69) is 109 Å². The Morgan fingerprint density at radius 3 is 1.60 bits per heavy atom. The van der Waals surface area contributed by atoms with E-state index >= 15 is 0 Å². The first-order chi connectivity index (χ1) is 29.1. The van der Waals surface area contributed by atoms with Gasteiger partial charge in [0.2, 0.25) is 0 Å². The van der Waals surface area contributed by atoms with Gasteiger partial charge in [-0.15, -0.1) is 0 Å². The van der Waals surface area contributed by atoms with Crippen LogP contribution in [0.1, 0.15) is 129 Å². The summed E-state index contributed by atoms with van der Waals surface area (Å²) >= 11 is 0. The van der Waals surface area contributed by atoms with Gasteiger partial charge in [0.1, 0.15) is 30.5 Å². The SMILES string of the molecule is CC/C=C\C/C=C\C/C=C\C/C=C\C/C=C\CCCC(=O)OC(COCCCCCCCC/C=C\C/C=C\C/C=C\CC)COC1OC(CO)C(O)C(OS(=O)(=O)O)C1O. The normalized spacial score (nSPS) is 21.2. The number of carbonyl (C=O) groups is 1. The molecule has 0 radical (unpaired) electrons. The van der Waals surface area contributed by atoms with E-state index in [-0.39, 0.29) is 19.6 Å². The number of esters is 1. The minimum atomic E-state index is -5.08. The van der Waals surface area contributed by atoms with Crippen molar-refractivity contribution in [2.75, 3.05) is 26.4 Å². The molecule has 342 valence electrons. The fraction of sp³-hybridized carbons (Fsp3) is 0.638. The number of allylic oxidation sites excluding steroid dienone is 16. The van der Waals surface area contributed by atoms with Gasteiger partial charge < -0.3 is 34.3 Å². The van der Waals surface area contributed by atoms with Gasteiger partial charge >= 0.3 is 16.4 Å². The predicted molar refractivity (Wildman–Crippen MR) is 238 cm³/mol. The molecule has 6 atom stereocenters. The van der Waals surface area contributed by atoms with Crippen molar-refractivity contribution in [2.24, 2.45) is 0 Å². The highest BCUT2D eigenvalue weighted by molar-refractivity contribution is 7.80. The summed E-state index contributed by atoms with van der Waals surface area (Å²) in [6.45, 7) is 3.63. The molecule has 1 aliphatic rings. The number of rotatable bonds is 36. The van der Waals surface area contributed by atoms with Crippen LogP contribution in [-0.2, 0) is 38.3 Å². The number of unbranched alkanes of at least 4 members (excludes halogenated alkanes) is 7. The highest BCUT2D eigenvalue weighted by atomic mass is 32.3. The lowest BCUT2D eigenvalue weighted by Crippen LogP contribution is -2.60. The summed E-state index contributed by atoms with van der Waals surface area (Å²) in [5.41, 5.74) is 0. The molecule has 13 heteroatoms. The van der Waals surface area contributed by atoms with Crippen LogP contribution in [0.3, 0.4) is 0 Å². The van der Waals surface area contributed by atoms with E-state index in [1.807, 2.05) is 6.08 Å². The lowest BCUT2D eigenvalue weighted by atomic mass is 9.99. The molecule has 1 rings (SSSR count). The topological polar surface area (TPSA) is 178 Å². The maximum atomic E-state index is 12.8. The third kappa shape index (κ3) is 31.0. The van der Waals surface area contributed by atoms with Crippen molar-refractivity contribution < 1.29 is 56.2 Å². The molecule has 1 heterocycles. The van der Waals surface area contributed by atoms with Gasteiger partial charge in [-0.3, -0.25) is 9.35 Å². The second kappa shape index (κ2) is 37.8. The van der Waals surface area contributed by atoms with Crippen molar-refractivity contribution in [3.05, 3.63) is 97.2 Å². The maximum absolute atomic E-state index is 12.8. The molecule has 6 unspecified atom stereocenters. The zero-order valence-corrected chi connectivity index (χ0v) is 37.0. The molecule has 0 spiro atoms. The maximum Gasteiger partial charge on any atom is 0.397 e. The van der Waals surface area contributed by atoms with Gasteiger partial charge in [0.25, 0.3) is 0 Å². The number of aliphatic hydroxyl groups excluding tert-OH is 3. The molecule has 12 nitrogen and oxygen atoms in total. The van der Waals surface area contributed by atoms with Crippen molar-refractivity contribution in [3.8, 4) is 0 Å². The molecule has 1 saturated heterocycles. The van der Waals surface area contributed by atoms with Crippen LogP contribution >= 0.6 is 0 Å².